The summed E-state index contributed by atoms with van der Waals surface area (Å²) in [5.74, 6) is -0.166. The monoisotopic (exact) mass is 416 g/mol. The van der Waals surface area contributed by atoms with Gasteiger partial charge >= 0.3 is 6.03 Å². The highest BCUT2D eigenvalue weighted by molar-refractivity contribution is 9.10. The minimum atomic E-state index is -0.544. The third-order valence-corrected chi connectivity index (χ3v) is 4.47. The molecule has 0 fully saturated rings. The Morgan fingerprint density at radius 2 is 2.13 bits per heavy atom. The number of imide groups is 1. The Kier molecular flexibility index (Phi) is 6.88. The van der Waals surface area contributed by atoms with Crippen molar-refractivity contribution in [3.8, 4) is 5.75 Å². The Morgan fingerprint density at radius 3 is 2.83 bits per heavy atom. The van der Waals surface area contributed by atoms with Gasteiger partial charge in [0.25, 0.3) is 5.91 Å². The van der Waals surface area contributed by atoms with E-state index < -0.39 is 11.9 Å². The highest BCUT2D eigenvalue weighted by Gasteiger charge is 2.09. The molecule has 1 heterocycles. The maximum Gasteiger partial charge on any atom is 0.321 e. The second kappa shape index (κ2) is 8.90. The van der Waals surface area contributed by atoms with Gasteiger partial charge in [-0.2, -0.15) is 0 Å². The maximum atomic E-state index is 11.6. The highest BCUT2D eigenvalue weighted by atomic mass is 79.9. The number of rotatable bonds is 6. The van der Waals surface area contributed by atoms with Crippen molar-refractivity contribution in [1.82, 2.24) is 10.6 Å². The molecule has 2 aromatic rings. The molecule has 0 bridgehead atoms. The summed E-state index contributed by atoms with van der Waals surface area (Å²) in [5.41, 5.74) is 0. The zero-order valence-corrected chi connectivity index (χ0v) is 15.1. The molecule has 0 saturated heterocycles. The second-order valence-electron chi connectivity index (χ2n) is 4.50. The number of carbonyl (C=O) groups is 2. The van der Waals surface area contributed by atoms with Crippen molar-refractivity contribution < 1.29 is 14.3 Å². The Hall–Kier alpha value is -1.57. The summed E-state index contributed by atoms with van der Waals surface area (Å²) in [4.78, 5) is 24.4. The second-order valence-corrected chi connectivity index (χ2v) is 6.85. The van der Waals surface area contributed by atoms with Gasteiger partial charge in [-0.25, -0.2) is 4.79 Å². The fourth-order valence-corrected chi connectivity index (χ4v) is 3.13. The van der Waals surface area contributed by atoms with E-state index in [-0.39, 0.29) is 6.61 Å². The number of benzene rings is 1. The van der Waals surface area contributed by atoms with Crippen molar-refractivity contribution in [2.24, 2.45) is 0 Å². The first-order valence-corrected chi connectivity index (χ1v) is 8.77. The van der Waals surface area contributed by atoms with E-state index in [4.69, 9.17) is 16.3 Å². The van der Waals surface area contributed by atoms with E-state index in [9.17, 15) is 9.59 Å². The Labute approximate surface area is 151 Å². The molecule has 1 aromatic heterocycles. The summed E-state index contributed by atoms with van der Waals surface area (Å²) in [7, 11) is 0. The fourth-order valence-electron chi connectivity index (χ4n) is 1.70. The minimum Gasteiger partial charge on any atom is -0.482 e. The first kappa shape index (κ1) is 17.8. The molecule has 0 atom stereocenters. The molecule has 5 nitrogen and oxygen atoms in total. The summed E-state index contributed by atoms with van der Waals surface area (Å²) in [6.45, 7) is 0.165. The van der Waals surface area contributed by atoms with Gasteiger partial charge in [-0.05, 0) is 36.1 Å². The topological polar surface area (TPSA) is 67.4 Å². The van der Waals surface area contributed by atoms with Gasteiger partial charge < -0.3 is 10.1 Å². The van der Waals surface area contributed by atoms with Crippen molar-refractivity contribution >= 4 is 50.8 Å². The van der Waals surface area contributed by atoms with E-state index in [1.165, 1.54) is 4.88 Å². The van der Waals surface area contributed by atoms with Crippen LogP contribution in [-0.2, 0) is 11.2 Å². The fraction of sp³-hybridized carbons (Fsp3) is 0.200. The molecule has 0 saturated carbocycles. The third-order valence-electron chi connectivity index (χ3n) is 2.74. The number of urea groups is 1. The van der Waals surface area contributed by atoms with Crippen molar-refractivity contribution in [2.45, 2.75) is 6.42 Å². The van der Waals surface area contributed by atoms with Gasteiger partial charge in [0.1, 0.15) is 5.75 Å². The Bertz CT molecular complexity index is 679. The molecule has 2 N–H and O–H groups in total. The Balaban J connectivity index is 1.68. The van der Waals surface area contributed by atoms with E-state index in [2.05, 4.69) is 26.6 Å². The summed E-state index contributed by atoms with van der Waals surface area (Å²) in [5, 5.41) is 7.17. The largest absolute Gasteiger partial charge is 0.482 e. The maximum absolute atomic E-state index is 11.6. The quantitative estimate of drug-likeness (QED) is 0.754. The smallest absolute Gasteiger partial charge is 0.321 e. The highest BCUT2D eigenvalue weighted by Crippen LogP contribution is 2.27. The summed E-state index contributed by atoms with van der Waals surface area (Å²) >= 11 is 10.9. The van der Waals surface area contributed by atoms with Gasteiger partial charge in [-0.15, -0.1) is 11.3 Å². The average Bonchev–Trinajstić information content (AvgIpc) is 2.99. The van der Waals surface area contributed by atoms with Gasteiger partial charge in [0.15, 0.2) is 6.61 Å². The van der Waals surface area contributed by atoms with Crippen LogP contribution >= 0.6 is 38.9 Å². The molecular weight excluding hydrogens is 404 g/mol. The SMILES string of the molecule is O=C(COc1ccc(Br)cc1Cl)NC(=O)NCCc1cccs1. The van der Waals surface area contributed by atoms with Crippen LogP contribution in [0.15, 0.2) is 40.2 Å². The van der Waals surface area contributed by atoms with Gasteiger partial charge in [0.2, 0.25) is 0 Å². The van der Waals surface area contributed by atoms with E-state index in [1.807, 2.05) is 17.5 Å². The van der Waals surface area contributed by atoms with Crippen LogP contribution in [0.25, 0.3) is 0 Å². The van der Waals surface area contributed by atoms with Crippen LogP contribution in [0.4, 0.5) is 4.79 Å². The molecule has 0 spiro atoms. The van der Waals surface area contributed by atoms with Crippen LogP contribution in [0.1, 0.15) is 4.88 Å². The summed E-state index contributed by atoms with van der Waals surface area (Å²) in [6, 6.07) is 8.44. The van der Waals surface area contributed by atoms with Crippen LogP contribution in [0.5, 0.6) is 5.75 Å². The molecule has 23 heavy (non-hydrogen) atoms. The van der Waals surface area contributed by atoms with Gasteiger partial charge in [-0.1, -0.05) is 33.6 Å². The van der Waals surface area contributed by atoms with Gasteiger partial charge in [0.05, 0.1) is 5.02 Å². The number of ether oxygens (including phenoxy) is 1. The number of amides is 3. The van der Waals surface area contributed by atoms with Gasteiger partial charge in [-0.3, -0.25) is 10.1 Å². The van der Waals surface area contributed by atoms with E-state index in [0.29, 0.717) is 17.3 Å². The zero-order chi connectivity index (χ0) is 16.7. The van der Waals surface area contributed by atoms with Crippen LogP contribution in [-0.4, -0.2) is 25.1 Å². The number of hydrogen-bond donors (Lipinski definition) is 2. The minimum absolute atomic E-state index is 0.292. The third kappa shape index (κ3) is 6.21. The number of halogens is 2. The van der Waals surface area contributed by atoms with Crippen molar-refractivity contribution in [1.29, 1.82) is 0 Å². The van der Waals surface area contributed by atoms with E-state index >= 15 is 0 Å². The van der Waals surface area contributed by atoms with Crippen LogP contribution in [0, 0.1) is 0 Å². The predicted octanol–water partition coefficient (Wildman–Crippen LogP) is 3.61. The number of hydrogen-bond acceptors (Lipinski definition) is 4. The lowest BCUT2D eigenvalue weighted by Gasteiger charge is -2.09. The molecule has 0 aliphatic heterocycles. The molecule has 122 valence electrons. The lowest BCUT2D eigenvalue weighted by Crippen LogP contribution is -2.42. The molecule has 3 amide bonds. The van der Waals surface area contributed by atoms with Crippen molar-refractivity contribution in [3.05, 3.63) is 50.1 Å². The first-order valence-electron chi connectivity index (χ1n) is 6.72. The van der Waals surface area contributed by atoms with Gasteiger partial charge in [0, 0.05) is 15.9 Å². The molecule has 0 aliphatic carbocycles. The van der Waals surface area contributed by atoms with E-state index in [1.54, 1.807) is 29.5 Å². The van der Waals surface area contributed by atoms with Crippen LogP contribution < -0.4 is 15.4 Å². The van der Waals surface area contributed by atoms with E-state index in [0.717, 1.165) is 10.9 Å². The standard InChI is InChI=1S/C15H14BrClN2O3S/c16-10-3-4-13(12(17)8-10)22-9-14(20)19-15(21)18-6-5-11-2-1-7-23-11/h1-4,7-8H,5-6,9H2,(H2,18,19,20,21). The molecule has 2 rings (SSSR count). The number of nitrogens with one attached hydrogen (secondary N) is 2. The van der Waals surface area contributed by atoms with Crippen LogP contribution in [0.2, 0.25) is 5.02 Å². The van der Waals surface area contributed by atoms with Crippen LogP contribution in [0.3, 0.4) is 0 Å². The lowest BCUT2D eigenvalue weighted by atomic mass is 10.3. The molecule has 0 aliphatic rings. The lowest BCUT2D eigenvalue weighted by molar-refractivity contribution is -0.122. The van der Waals surface area contributed by atoms with Crippen molar-refractivity contribution in [3.63, 3.8) is 0 Å². The predicted molar refractivity (Wildman–Crippen MR) is 94.2 cm³/mol. The zero-order valence-electron chi connectivity index (χ0n) is 12.0. The number of thiophene rings is 1. The Morgan fingerprint density at radius 1 is 1.30 bits per heavy atom. The molecule has 0 unspecified atom stereocenters. The number of carbonyl (C=O) groups excluding carboxylic acids is 2. The average molecular weight is 418 g/mol. The van der Waals surface area contributed by atoms with Crippen molar-refractivity contribution in [2.75, 3.05) is 13.2 Å². The normalized spacial score (nSPS) is 10.2. The summed E-state index contributed by atoms with van der Waals surface area (Å²) in [6.07, 6.45) is 0.726. The molecule has 1 aromatic carbocycles. The molecule has 8 heteroatoms. The summed E-state index contributed by atoms with van der Waals surface area (Å²) < 4.78 is 6.08. The molecular formula is C15H14BrClN2O3S. The first-order chi connectivity index (χ1) is 11.0. The molecule has 0 radical (unpaired) electrons.